The number of rotatable bonds is 5. The number of ketones is 1. The standard InChI is InChI=1S/C15H14N2O4/c1-2-21-13(18)4-3-7-17-12-6-5-10(9-16)8-11(12)14(19)15(17)20/h5-6,8H,2-4,7H2,1H3. The zero-order valence-electron chi connectivity index (χ0n) is 11.6. The van der Waals surface area contributed by atoms with Crippen LogP contribution in [0.1, 0.15) is 35.7 Å². The minimum absolute atomic E-state index is 0.192. The molecule has 1 heterocycles. The van der Waals surface area contributed by atoms with Crippen LogP contribution >= 0.6 is 0 Å². The summed E-state index contributed by atoms with van der Waals surface area (Å²) >= 11 is 0. The SMILES string of the molecule is CCOC(=O)CCCN1C(=O)C(=O)c2cc(C#N)ccc21. The molecule has 0 bridgehead atoms. The predicted molar refractivity (Wildman–Crippen MR) is 73.7 cm³/mol. The number of hydrogen-bond acceptors (Lipinski definition) is 5. The van der Waals surface area contributed by atoms with E-state index < -0.39 is 11.7 Å². The van der Waals surface area contributed by atoms with Crippen molar-refractivity contribution in [2.24, 2.45) is 0 Å². The summed E-state index contributed by atoms with van der Waals surface area (Å²) in [5.74, 6) is -1.56. The molecule has 0 unspecified atom stereocenters. The van der Waals surface area contributed by atoms with Crippen molar-refractivity contribution in [3.8, 4) is 6.07 Å². The Kier molecular flexibility index (Phi) is 4.33. The van der Waals surface area contributed by atoms with E-state index in [0.717, 1.165) is 0 Å². The number of fused-ring (bicyclic) bond motifs is 1. The average molecular weight is 286 g/mol. The molecule has 6 heteroatoms. The van der Waals surface area contributed by atoms with Crippen LogP contribution in [0.2, 0.25) is 0 Å². The second kappa shape index (κ2) is 6.18. The number of anilines is 1. The zero-order valence-corrected chi connectivity index (χ0v) is 11.6. The second-order valence-electron chi connectivity index (χ2n) is 4.54. The average Bonchev–Trinajstić information content (AvgIpc) is 2.72. The number of carbonyl (C=O) groups is 3. The number of esters is 1. The topological polar surface area (TPSA) is 87.5 Å². The summed E-state index contributed by atoms with van der Waals surface area (Å²) in [4.78, 5) is 36.4. The summed E-state index contributed by atoms with van der Waals surface area (Å²) in [5, 5.41) is 8.83. The third-order valence-corrected chi connectivity index (χ3v) is 3.17. The van der Waals surface area contributed by atoms with Crippen LogP contribution in [-0.4, -0.2) is 30.8 Å². The van der Waals surface area contributed by atoms with Gasteiger partial charge in [0.2, 0.25) is 0 Å². The molecule has 0 spiro atoms. The van der Waals surface area contributed by atoms with Gasteiger partial charge in [0.25, 0.3) is 11.7 Å². The van der Waals surface area contributed by atoms with Crippen LogP contribution in [0.25, 0.3) is 0 Å². The van der Waals surface area contributed by atoms with Gasteiger partial charge in [0.05, 0.1) is 29.5 Å². The van der Waals surface area contributed by atoms with E-state index in [0.29, 0.717) is 24.3 Å². The molecule has 1 amide bonds. The first-order chi connectivity index (χ1) is 10.1. The van der Waals surface area contributed by atoms with Gasteiger partial charge in [-0.2, -0.15) is 5.26 Å². The summed E-state index contributed by atoms with van der Waals surface area (Å²) < 4.78 is 4.81. The monoisotopic (exact) mass is 286 g/mol. The van der Waals surface area contributed by atoms with Crippen LogP contribution in [0.5, 0.6) is 0 Å². The highest BCUT2D eigenvalue weighted by atomic mass is 16.5. The fourth-order valence-corrected chi connectivity index (χ4v) is 2.21. The lowest BCUT2D eigenvalue weighted by Crippen LogP contribution is -2.31. The highest BCUT2D eigenvalue weighted by Crippen LogP contribution is 2.29. The lowest BCUT2D eigenvalue weighted by Gasteiger charge is -2.15. The van der Waals surface area contributed by atoms with E-state index in [1.54, 1.807) is 19.1 Å². The quantitative estimate of drug-likeness (QED) is 0.603. The first-order valence-corrected chi connectivity index (χ1v) is 6.64. The summed E-state index contributed by atoms with van der Waals surface area (Å²) in [7, 11) is 0. The zero-order chi connectivity index (χ0) is 15.4. The van der Waals surface area contributed by atoms with E-state index in [2.05, 4.69) is 0 Å². The number of carbonyl (C=O) groups excluding carboxylic acids is 3. The Balaban J connectivity index is 2.09. The molecular formula is C15H14N2O4. The first-order valence-electron chi connectivity index (χ1n) is 6.64. The van der Waals surface area contributed by atoms with Crippen LogP contribution < -0.4 is 4.90 Å². The van der Waals surface area contributed by atoms with Crippen LogP contribution in [0.15, 0.2) is 18.2 Å². The summed E-state index contributed by atoms with van der Waals surface area (Å²) in [6.45, 7) is 2.31. The van der Waals surface area contributed by atoms with Crippen molar-refractivity contribution >= 4 is 23.3 Å². The molecule has 0 aliphatic carbocycles. The van der Waals surface area contributed by atoms with Gasteiger partial charge in [0, 0.05) is 13.0 Å². The molecule has 0 fully saturated rings. The Labute approximate surface area is 121 Å². The van der Waals surface area contributed by atoms with Gasteiger partial charge < -0.3 is 9.64 Å². The molecule has 0 radical (unpaired) electrons. The third kappa shape index (κ3) is 2.92. The van der Waals surface area contributed by atoms with Crippen molar-refractivity contribution in [1.82, 2.24) is 0 Å². The molecule has 108 valence electrons. The van der Waals surface area contributed by atoms with E-state index in [-0.39, 0.29) is 24.5 Å². The highest BCUT2D eigenvalue weighted by molar-refractivity contribution is 6.52. The number of nitrogens with zero attached hydrogens (tertiary/aromatic N) is 2. The maximum absolute atomic E-state index is 11.9. The molecule has 1 aromatic carbocycles. The number of hydrogen-bond donors (Lipinski definition) is 0. The first kappa shape index (κ1) is 14.7. The van der Waals surface area contributed by atoms with Gasteiger partial charge in [0.1, 0.15) is 0 Å². The Bertz CT molecular complexity index is 646. The molecule has 0 N–H and O–H groups in total. The fourth-order valence-electron chi connectivity index (χ4n) is 2.21. The Morgan fingerprint density at radius 2 is 2.14 bits per heavy atom. The lowest BCUT2D eigenvalue weighted by molar-refractivity contribution is -0.143. The largest absolute Gasteiger partial charge is 0.466 e. The maximum atomic E-state index is 11.9. The molecule has 1 aromatic rings. The molecule has 1 aliphatic heterocycles. The number of benzene rings is 1. The molecule has 1 aliphatic rings. The van der Waals surface area contributed by atoms with Crippen LogP contribution in [0.3, 0.4) is 0 Å². The van der Waals surface area contributed by atoms with Crippen molar-refractivity contribution < 1.29 is 19.1 Å². The van der Waals surface area contributed by atoms with Gasteiger partial charge in [-0.05, 0) is 31.5 Å². The van der Waals surface area contributed by atoms with Gasteiger partial charge in [-0.1, -0.05) is 0 Å². The Hall–Kier alpha value is -2.68. The Morgan fingerprint density at radius 3 is 2.81 bits per heavy atom. The smallest absolute Gasteiger partial charge is 0.305 e. The normalized spacial score (nSPS) is 13.0. The fraction of sp³-hybridized carbons (Fsp3) is 0.333. The molecule has 0 aromatic heterocycles. The minimum Gasteiger partial charge on any atom is -0.466 e. The van der Waals surface area contributed by atoms with Gasteiger partial charge in [0.15, 0.2) is 0 Å². The van der Waals surface area contributed by atoms with E-state index >= 15 is 0 Å². The number of nitriles is 1. The van der Waals surface area contributed by atoms with Crippen LogP contribution in [-0.2, 0) is 14.3 Å². The van der Waals surface area contributed by atoms with Crippen molar-refractivity contribution in [3.05, 3.63) is 29.3 Å². The Morgan fingerprint density at radius 1 is 1.38 bits per heavy atom. The second-order valence-corrected chi connectivity index (χ2v) is 4.54. The summed E-state index contributed by atoms with van der Waals surface area (Å²) in [6, 6.07) is 6.50. The predicted octanol–water partition coefficient (Wildman–Crippen LogP) is 1.43. The maximum Gasteiger partial charge on any atom is 0.305 e. The van der Waals surface area contributed by atoms with Gasteiger partial charge in [-0.15, -0.1) is 0 Å². The molecule has 0 atom stereocenters. The highest BCUT2D eigenvalue weighted by Gasteiger charge is 2.35. The van der Waals surface area contributed by atoms with E-state index in [1.807, 2.05) is 6.07 Å². The number of ether oxygens (including phenoxy) is 1. The van der Waals surface area contributed by atoms with Crippen molar-refractivity contribution in [2.75, 3.05) is 18.1 Å². The summed E-state index contributed by atoms with van der Waals surface area (Å²) in [5.41, 5.74) is 1.08. The van der Waals surface area contributed by atoms with Gasteiger partial charge >= 0.3 is 5.97 Å². The molecule has 6 nitrogen and oxygen atoms in total. The lowest BCUT2D eigenvalue weighted by atomic mass is 10.1. The van der Waals surface area contributed by atoms with Gasteiger partial charge in [-0.25, -0.2) is 0 Å². The number of amides is 1. The molecule has 0 saturated carbocycles. The van der Waals surface area contributed by atoms with Gasteiger partial charge in [-0.3, -0.25) is 14.4 Å². The molecular weight excluding hydrogens is 272 g/mol. The van der Waals surface area contributed by atoms with E-state index in [4.69, 9.17) is 10.00 Å². The molecule has 0 saturated heterocycles. The van der Waals surface area contributed by atoms with Crippen molar-refractivity contribution in [3.63, 3.8) is 0 Å². The van der Waals surface area contributed by atoms with E-state index in [1.165, 1.54) is 11.0 Å². The third-order valence-electron chi connectivity index (χ3n) is 3.17. The van der Waals surface area contributed by atoms with Crippen molar-refractivity contribution in [1.29, 1.82) is 5.26 Å². The van der Waals surface area contributed by atoms with E-state index in [9.17, 15) is 14.4 Å². The molecule has 2 rings (SSSR count). The van der Waals surface area contributed by atoms with Crippen LogP contribution in [0.4, 0.5) is 5.69 Å². The molecule has 21 heavy (non-hydrogen) atoms. The van der Waals surface area contributed by atoms with Crippen molar-refractivity contribution in [2.45, 2.75) is 19.8 Å². The number of Topliss-reactive ketones (excluding diaryl/α,β-unsaturated/α-hetero) is 1. The summed E-state index contributed by atoms with van der Waals surface area (Å²) in [6.07, 6.45) is 0.606. The minimum atomic E-state index is -0.621. The van der Waals surface area contributed by atoms with Crippen LogP contribution in [0, 0.1) is 11.3 Å².